The van der Waals surface area contributed by atoms with Crippen molar-refractivity contribution in [1.82, 2.24) is 0 Å². The predicted molar refractivity (Wildman–Crippen MR) is 83.1 cm³/mol. The molecule has 0 amide bonds. The Morgan fingerprint density at radius 3 is 2.76 bits per heavy atom. The van der Waals surface area contributed by atoms with Gasteiger partial charge < -0.3 is 9.47 Å². The number of allylic oxidation sites excluding steroid dienone is 2. The Morgan fingerprint density at radius 1 is 1.29 bits per heavy atom. The van der Waals surface area contributed by atoms with Crippen LogP contribution in [0.2, 0.25) is 0 Å². The van der Waals surface area contributed by atoms with E-state index in [1.165, 1.54) is 25.3 Å². The van der Waals surface area contributed by atoms with E-state index in [-0.39, 0.29) is 11.7 Å². The number of halogens is 1. The molecule has 2 rings (SSSR count). The molecule has 0 bridgehead atoms. The minimum absolute atomic E-state index is 0.107. The minimum Gasteiger partial charge on any atom is -0.498 e. The molecule has 1 aromatic carbocycles. The van der Waals surface area contributed by atoms with Crippen LogP contribution in [0.3, 0.4) is 0 Å². The first-order valence-corrected chi connectivity index (χ1v) is 7.98. The molecule has 0 fully saturated rings. The Kier molecular flexibility index (Phi) is 6.09. The summed E-state index contributed by atoms with van der Waals surface area (Å²) in [6.07, 6.45) is 7.60. The van der Waals surface area contributed by atoms with Crippen molar-refractivity contribution in [2.75, 3.05) is 13.2 Å². The lowest BCUT2D eigenvalue weighted by atomic mass is 9.93. The van der Waals surface area contributed by atoms with E-state index in [0.29, 0.717) is 19.0 Å². The number of benzene rings is 1. The zero-order chi connectivity index (χ0) is 15.1. The Bertz CT molecular complexity index is 482. The lowest BCUT2D eigenvalue weighted by molar-refractivity contribution is 0.164. The van der Waals surface area contributed by atoms with E-state index >= 15 is 0 Å². The number of hydrogen-bond donors (Lipinski definition) is 0. The maximum absolute atomic E-state index is 14.1. The van der Waals surface area contributed by atoms with Gasteiger partial charge in [0.2, 0.25) is 0 Å². The standard InChI is InChI=1S/C18H25FO2/c1-3-5-6-7-15-9-8-14(13-21-15)17-11-10-16(20-4-2)12-18(17)19/h9-12,14H,3-8,13H2,1-2H3. The van der Waals surface area contributed by atoms with Gasteiger partial charge in [0.05, 0.1) is 19.0 Å². The highest BCUT2D eigenvalue weighted by Gasteiger charge is 2.20. The van der Waals surface area contributed by atoms with Crippen LogP contribution in [-0.4, -0.2) is 13.2 Å². The summed E-state index contributed by atoms with van der Waals surface area (Å²) in [6, 6.07) is 5.13. The van der Waals surface area contributed by atoms with Gasteiger partial charge in [0.1, 0.15) is 11.6 Å². The molecule has 1 heterocycles. The summed E-state index contributed by atoms with van der Waals surface area (Å²) in [7, 11) is 0. The molecule has 0 saturated carbocycles. The second-order valence-electron chi connectivity index (χ2n) is 5.49. The van der Waals surface area contributed by atoms with Gasteiger partial charge in [0.15, 0.2) is 0 Å². The first-order chi connectivity index (χ1) is 10.2. The van der Waals surface area contributed by atoms with Crippen molar-refractivity contribution >= 4 is 0 Å². The third-order valence-corrected chi connectivity index (χ3v) is 3.85. The van der Waals surface area contributed by atoms with Crippen LogP contribution in [0.5, 0.6) is 5.75 Å². The first kappa shape index (κ1) is 15.9. The van der Waals surface area contributed by atoms with Gasteiger partial charge in [-0.1, -0.05) is 25.8 Å². The smallest absolute Gasteiger partial charge is 0.130 e. The van der Waals surface area contributed by atoms with Crippen molar-refractivity contribution in [3.63, 3.8) is 0 Å². The molecule has 3 heteroatoms. The highest BCUT2D eigenvalue weighted by molar-refractivity contribution is 5.32. The highest BCUT2D eigenvalue weighted by Crippen LogP contribution is 2.31. The van der Waals surface area contributed by atoms with Crippen molar-refractivity contribution in [1.29, 1.82) is 0 Å². The molecule has 1 unspecified atom stereocenters. The lowest BCUT2D eigenvalue weighted by Crippen LogP contribution is -2.14. The molecule has 0 aliphatic carbocycles. The van der Waals surface area contributed by atoms with Crippen molar-refractivity contribution in [2.24, 2.45) is 0 Å². The summed E-state index contributed by atoms with van der Waals surface area (Å²) in [5.74, 6) is 1.57. The fraction of sp³-hybridized carbons (Fsp3) is 0.556. The lowest BCUT2D eigenvalue weighted by Gasteiger charge is -2.24. The maximum atomic E-state index is 14.1. The molecule has 1 aliphatic heterocycles. The van der Waals surface area contributed by atoms with Crippen molar-refractivity contribution in [2.45, 2.75) is 51.9 Å². The Balaban J connectivity index is 1.95. The average Bonchev–Trinajstić information content (AvgIpc) is 2.49. The van der Waals surface area contributed by atoms with Gasteiger partial charge >= 0.3 is 0 Å². The second kappa shape index (κ2) is 8.06. The zero-order valence-electron chi connectivity index (χ0n) is 13.0. The average molecular weight is 292 g/mol. The van der Waals surface area contributed by atoms with Gasteiger partial charge in [-0.05, 0) is 37.5 Å². The summed E-state index contributed by atoms with van der Waals surface area (Å²) in [6.45, 7) is 5.21. The monoisotopic (exact) mass is 292 g/mol. The molecule has 116 valence electrons. The number of ether oxygens (including phenoxy) is 2. The SMILES string of the molecule is CCCCCC1=CCC(c2ccc(OCC)cc2F)CO1. The summed E-state index contributed by atoms with van der Waals surface area (Å²) < 4.78 is 25.3. The van der Waals surface area contributed by atoms with Crippen LogP contribution in [0.15, 0.2) is 30.0 Å². The molecule has 0 aromatic heterocycles. The largest absolute Gasteiger partial charge is 0.498 e. The Labute approximate surface area is 127 Å². The third-order valence-electron chi connectivity index (χ3n) is 3.85. The quantitative estimate of drug-likeness (QED) is 0.644. The van der Waals surface area contributed by atoms with Crippen LogP contribution in [0.1, 0.15) is 57.4 Å². The topological polar surface area (TPSA) is 18.5 Å². The molecule has 0 saturated heterocycles. The van der Waals surface area contributed by atoms with E-state index in [2.05, 4.69) is 13.0 Å². The Hall–Kier alpha value is -1.51. The molecular weight excluding hydrogens is 267 g/mol. The molecular formula is C18H25FO2. The molecule has 2 nitrogen and oxygen atoms in total. The van der Waals surface area contributed by atoms with Crippen LogP contribution in [-0.2, 0) is 4.74 Å². The van der Waals surface area contributed by atoms with Crippen LogP contribution < -0.4 is 4.74 Å². The first-order valence-electron chi connectivity index (χ1n) is 7.98. The molecule has 1 atom stereocenters. The predicted octanol–water partition coefficient (Wildman–Crippen LogP) is 5.19. The van der Waals surface area contributed by atoms with Gasteiger partial charge in [-0.2, -0.15) is 0 Å². The highest BCUT2D eigenvalue weighted by atomic mass is 19.1. The van der Waals surface area contributed by atoms with E-state index in [1.54, 1.807) is 0 Å². The number of rotatable bonds is 7. The fourth-order valence-corrected chi connectivity index (χ4v) is 2.64. The van der Waals surface area contributed by atoms with Gasteiger partial charge in [0, 0.05) is 18.4 Å². The Morgan fingerprint density at radius 2 is 2.14 bits per heavy atom. The van der Waals surface area contributed by atoms with Crippen LogP contribution in [0.25, 0.3) is 0 Å². The van der Waals surface area contributed by atoms with Gasteiger partial charge in [-0.3, -0.25) is 0 Å². The van der Waals surface area contributed by atoms with E-state index < -0.39 is 0 Å². The van der Waals surface area contributed by atoms with E-state index in [1.807, 2.05) is 19.1 Å². The zero-order valence-corrected chi connectivity index (χ0v) is 13.0. The summed E-state index contributed by atoms with van der Waals surface area (Å²) in [5.41, 5.74) is 0.724. The van der Waals surface area contributed by atoms with Gasteiger partial charge in [-0.15, -0.1) is 0 Å². The van der Waals surface area contributed by atoms with Crippen LogP contribution in [0.4, 0.5) is 4.39 Å². The van der Waals surface area contributed by atoms with E-state index in [4.69, 9.17) is 9.47 Å². The normalized spacial score (nSPS) is 18.0. The summed E-state index contributed by atoms with van der Waals surface area (Å²) >= 11 is 0. The minimum atomic E-state index is -0.197. The van der Waals surface area contributed by atoms with E-state index in [0.717, 1.165) is 24.2 Å². The summed E-state index contributed by atoms with van der Waals surface area (Å²) in [4.78, 5) is 0. The molecule has 0 spiro atoms. The number of hydrogen-bond acceptors (Lipinski definition) is 2. The maximum Gasteiger partial charge on any atom is 0.130 e. The fourth-order valence-electron chi connectivity index (χ4n) is 2.64. The van der Waals surface area contributed by atoms with Crippen LogP contribution in [0, 0.1) is 5.82 Å². The number of unbranched alkanes of at least 4 members (excludes halogenated alkanes) is 2. The van der Waals surface area contributed by atoms with Gasteiger partial charge in [-0.25, -0.2) is 4.39 Å². The van der Waals surface area contributed by atoms with Gasteiger partial charge in [0.25, 0.3) is 0 Å². The van der Waals surface area contributed by atoms with Crippen molar-refractivity contribution < 1.29 is 13.9 Å². The molecule has 1 aliphatic rings. The molecule has 0 N–H and O–H groups in total. The second-order valence-corrected chi connectivity index (χ2v) is 5.49. The third kappa shape index (κ3) is 4.48. The van der Waals surface area contributed by atoms with Crippen molar-refractivity contribution in [3.8, 4) is 5.75 Å². The molecule has 1 aromatic rings. The molecule has 21 heavy (non-hydrogen) atoms. The van der Waals surface area contributed by atoms with Crippen LogP contribution >= 0.6 is 0 Å². The molecule has 0 radical (unpaired) electrons. The van der Waals surface area contributed by atoms with E-state index in [9.17, 15) is 4.39 Å². The summed E-state index contributed by atoms with van der Waals surface area (Å²) in [5, 5.41) is 0. The van der Waals surface area contributed by atoms with Crippen molar-refractivity contribution in [3.05, 3.63) is 41.4 Å².